The highest BCUT2D eigenvalue weighted by atomic mass is 32.2. The van der Waals surface area contributed by atoms with Crippen molar-refractivity contribution in [3.8, 4) is 6.07 Å². The molecule has 0 aromatic heterocycles. The van der Waals surface area contributed by atoms with Crippen LogP contribution in [0.1, 0.15) is 11.1 Å². The molecule has 0 spiro atoms. The van der Waals surface area contributed by atoms with Gasteiger partial charge in [-0.1, -0.05) is 0 Å². The van der Waals surface area contributed by atoms with Gasteiger partial charge in [-0.15, -0.1) is 0 Å². The molecule has 1 fully saturated rings. The Morgan fingerprint density at radius 2 is 1.95 bits per heavy atom. The lowest BCUT2D eigenvalue weighted by Crippen LogP contribution is -2.49. The molecule has 1 aliphatic heterocycles. The van der Waals surface area contributed by atoms with E-state index in [-0.39, 0.29) is 11.5 Å². The number of aliphatic hydroxyl groups excluding tert-OH is 1. The zero-order valence-electron chi connectivity index (χ0n) is 12.0. The van der Waals surface area contributed by atoms with Crippen molar-refractivity contribution in [2.45, 2.75) is 11.8 Å². The van der Waals surface area contributed by atoms with Crippen LogP contribution in [0.2, 0.25) is 0 Å². The molecule has 0 radical (unpaired) electrons. The third-order valence-corrected chi connectivity index (χ3v) is 5.73. The summed E-state index contributed by atoms with van der Waals surface area (Å²) in [5.74, 6) is 0. The van der Waals surface area contributed by atoms with Crippen LogP contribution in [0, 0.1) is 18.3 Å². The highest BCUT2D eigenvalue weighted by molar-refractivity contribution is 7.89. The second-order valence-corrected chi connectivity index (χ2v) is 6.97. The zero-order valence-corrected chi connectivity index (χ0v) is 12.8. The molecule has 1 heterocycles. The number of nitriles is 1. The minimum absolute atomic E-state index is 0.0848. The van der Waals surface area contributed by atoms with Crippen molar-refractivity contribution in [3.05, 3.63) is 29.3 Å². The lowest BCUT2D eigenvalue weighted by Gasteiger charge is -2.33. The van der Waals surface area contributed by atoms with E-state index in [2.05, 4.69) is 0 Å². The van der Waals surface area contributed by atoms with E-state index in [0.29, 0.717) is 43.9 Å². The van der Waals surface area contributed by atoms with Gasteiger partial charge in [0.05, 0.1) is 23.1 Å². The van der Waals surface area contributed by atoms with Gasteiger partial charge >= 0.3 is 0 Å². The van der Waals surface area contributed by atoms with Crippen LogP contribution in [-0.4, -0.2) is 62.1 Å². The molecule has 0 bridgehead atoms. The van der Waals surface area contributed by atoms with E-state index in [0.717, 1.165) is 0 Å². The number of β-amino-alcohol motifs (C(OH)–C–C–N with tert-alkyl or cyclic N) is 1. The van der Waals surface area contributed by atoms with E-state index < -0.39 is 10.0 Å². The first-order valence-electron chi connectivity index (χ1n) is 6.83. The number of hydrogen-bond donors (Lipinski definition) is 1. The number of hydrogen-bond acceptors (Lipinski definition) is 5. The molecule has 1 aliphatic rings. The van der Waals surface area contributed by atoms with Crippen LogP contribution in [0.15, 0.2) is 23.1 Å². The summed E-state index contributed by atoms with van der Waals surface area (Å²) >= 11 is 0. The molecule has 1 N–H and O–H groups in total. The average Bonchev–Trinajstić information content (AvgIpc) is 2.47. The first-order chi connectivity index (χ1) is 9.98. The number of aryl methyl sites for hydroxylation is 1. The minimum atomic E-state index is -3.52. The van der Waals surface area contributed by atoms with Gasteiger partial charge in [0, 0.05) is 32.7 Å². The molecule has 114 valence electrons. The Morgan fingerprint density at radius 1 is 1.29 bits per heavy atom. The van der Waals surface area contributed by atoms with Crippen LogP contribution >= 0.6 is 0 Å². The number of aliphatic hydroxyl groups is 1. The van der Waals surface area contributed by atoms with Gasteiger partial charge in [-0.25, -0.2) is 8.42 Å². The molecule has 0 aliphatic carbocycles. The second kappa shape index (κ2) is 6.54. The van der Waals surface area contributed by atoms with E-state index in [1.165, 1.54) is 16.4 Å². The largest absolute Gasteiger partial charge is 0.395 e. The summed E-state index contributed by atoms with van der Waals surface area (Å²) in [6.45, 7) is 4.44. The maximum Gasteiger partial charge on any atom is 0.243 e. The molecule has 6 nitrogen and oxygen atoms in total. The van der Waals surface area contributed by atoms with E-state index >= 15 is 0 Å². The summed E-state index contributed by atoms with van der Waals surface area (Å²) in [5.41, 5.74) is 1.05. The minimum Gasteiger partial charge on any atom is -0.395 e. The monoisotopic (exact) mass is 309 g/mol. The molecule has 0 atom stereocenters. The van der Waals surface area contributed by atoms with Crippen molar-refractivity contribution in [2.24, 2.45) is 0 Å². The standard InChI is InChI=1S/C14H19N3O3S/c1-12-10-13(11-15)2-3-14(12)21(19,20)17-6-4-16(5-7-17)8-9-18/h2-3,10,18H,4-9H2,1H3. The first-order valence-corrected chi connectivity index (χ1v) is 8.27. The number of nitrogens with zero attached hydrogens (tertiary/aromatic N) is 3. The summed E-state index contributed by atoms with van der Waals surface area (Å²) in [6, 6.07) is 6.63. The normalized spacial score (nSPS) is 17.6. The molecule has 7 heteroatoms. The zero-order chi connectivity index (χ0) is 15.5. The lowest BCUT2D eigenvalue weighted by atomic mass is 10.2. The molecule has 2 rings (SSSR count). The first kappa shape index (κ1) is 15.9. The van der Waals surface area contributed by atoms with Gasteiger partial charge in [0.25, 0.3) is 0 Å². The highest BCUT2D eigenvalue weighted by Crippen LogP contribution is 2.22. The fourth-order valence-electron chi connectivity index (χ4n) is 2.48. The van der Waals surface area contributed by atoms with Crippen LogP contribution in [0.4, 0.5) is 0 Å². The Hall–Kier alpha value is -1.46. The second-order valence-electron chi connectivity index (χ2n) is 5.06. The van der Waals surface area contributed by atoms with Gasteiger partial charge in [0.2, 0.25) is 10.0 Å². The van der Waals surface area contributed by atoms with Crippen LogP contribution in [0.5, 0.6) is 0 Å². The molecule has 1 aromatic carbocycles. The topological polar surface area (TPSA) is 84.6 Å². The van der Waals surface area contributed by atoms with Gasteiger partial charge in [-0.2, -0.15) is 9.57 Å². The SMILES string of the molecule is Cc1cc(C#N)ccc1S(=O)(=O)N1CCN(CCO)CC1. The van der Waals surface area contributed by atoms with Gasteiger partial charge in [-0.05, 0) is 30.7 Å². The Morgan fingerprint density at radius 3 is 2.48 bits per heavy atom. The molecular formula is C14H19N3O3S. The number of benzene rings is 1. The highest BCUT2D eigenvalue weighted by Gasteiger charge is 2.29. The molecule has 0 amide bonds. The fourth-order valence-corrected chi connectivity index (χ4v) is 4.11. The fraction of sp³-hybridized carbons (Fsp3) is 0.500. The smallest absolute Gasteiger partial charge is 0.243 e. The van der Waals surface area contributed by atoms with Crippen molar-refractivity contribution in [2.75, 3.05) is 39.3 Å². The predicted molar refractivity (Wildman–Crippen MR) is 78.2 cm³/mol. The molecule has 21 heavy (non-hydrogen) atoms. The van der Waals surface area contributed by atoms with Crippen molar-refractivity contribution in [3.63, 3.8) is 0 Å². The van der Waals surface area contributed by atoms with E-state index in [1.54, 1.807) is 13.0 Å². The van der Waals surface area contributed by atoms with Crippen LogP contribution in [0.25, 0.3) is 0 Å². The Kier molecular flexibility index (Phi) is 4.96. The lowest BCUT2D eigenvalue weighted by molar-refractivity contribution is 0.151. The van der Waals surface area contributed by atoms with Crippen molar-refractivity contribution in [1.29, 1.82) is 5.26 Å². The molecule has 0 saturated carbocycles. The number of sulfonamides is 1. The van der Waals surface area contributed by atoms with Gasteiger partial charge < -0.3 is 5.11 Å². The van der Waals surface area contributed by atoms with E-state index in [9.17, 15) is 8.42 Å². The van der Waals surface area contributed by atoms with Gasteiger partial charge in [0.1, 0.15) is 0 Å². The third-order valence-electron chi connectivity index (χ3n) is 3.67. The molecule has 1 saturated heterocycles. The Bertz CT molecular complexity index is 644. The summed E-state index contributed by atoms with van der Waals surface area (Å²) in [4.78, 5) is 2.30. The maximum absolute atomic E-state index is 12.6. The molecule has 1 aromatic rings. The summed E-state index contributed by atoms with van der Waals surface area (Å²) in [5, 5.41) is 17.8. The average molecular weight is 309 g/mol. The third kappa shape index (κ3) is 3.41. The van der Waals surface area contributed by atoms with Crippen LogP contribution < -0.4 is 0 Å². The van der Waals surface area contributed by atoms with Crippen molar-refractivity contribution >= 4 is 10.0 Å². The van der Waals surface area contributed by atoms with Crippen LogP contribution in [0.3, 0.4) is 0 Å². The summed E-state index contributed by atoms with van der Waals surface area (Å²) in [7, 11) is -3.52. The number of piperazine rings is 1. The quantitative estimate of drug-likeness (QED) is 0.857. The van der Waals surface area contributed by atoms with Gasteiger partial charge in [-0.3, -0.25) is 4.90 Å². The summed E-state index contributed by atoms with van der Waals surface area (Å²) in [6.07, 6.45) is 0. The maximum atomic E-state index is 12.6. The van der Waals surface area contributed by atoms with E-state index in [4.69, 9.17) is 10.4 Å². The Balaban J connectivity index is 2.18. The summed E-state index contributed by atoms with van der Waals surface area (Å²) < 4.78 is 26.8. The molecule has 0 unspecified atom stereocenters. The van der Waals surface area contributed by atoms with Crippen LogP contribution in [-0.2, 0) is 10.0 Å². The predicted octanol–water partition coefficient (Wildman–Crippen LogP) is 0.165. The van der Waals surface area contributed by atoms with Gasteiger partial charge in [0.15, 0.2) is 0 Å². The van der Waals surface area contributed by atoms with Crippen molar-refractivity contribution < 1.29 is 13.5 Å². The van der Waals surface area contributed by atoms with E-state index in [1.807, 2.05) is 11.0 Å². The molecular weight excluding hydrogens is 290 g/mol. The Labute approximate surface area is 125 Å². The number of rotatable bonds is 4. The van der Waals surface area contributed by atoms with Crippen molar-refractivity contribution in [1.82, 2.24) is 9.21 Å².